The first-order valence-corrected chi connectivity index (χ1v) is 14.7. The molecule has 0 aliphatic carbocycles. The van der Waals surface area contributed by atoms with Crippen LogP contribution in [0.1, 0.15) is 81.7 Å². The summed E-state index contributed by atoms with van der Waals surface area (Å²) in [5.41, 5.74) is 0.309. The summed E-state index contributed by atoms with van der Waals surface area (Å²) in [6.45, 7) is 17.9. The molecule has 0 saturated carbocycles. The van der Waals surface area contributed by atoms with Crippen LogP contribution in [0.4, 0.5) is 19.8 Å². The van der Waals surface area contributed by atoms with Crippen LogP contribution in [0.3, 0.4) is 0 Å². The van der Waals surface area contributed by atoms with Gasteiger partial charge < -0.3 is 24.4 Å². The van der Waals surface area contributed by atoms with Crippen LogP contribution in [0.5, 0.6) is 5.75 Å². The van der Waals surface area contributed by atoms with E-state index >= 15 is 0 Å². The van der Waals surface area contributed by atoms with Gasteiger partial charge in [-0.2, -0.15) is 0 Å². The molecule has 1 aliphatic rings. The zero-order chi connectivity index (χ0) is 33.0. The number of hydrogen-bond donors (Lipinski definition) is 2. The van der Waals surface area contributed by atoms with Crippen molar-refractivity contribution in [3.05, 3.63) is 52.5 Å². The minimum atomic E-state index is -0.778. The van der Waals surface area contributed by atoms with Crippen LogP contribution in [0, 0.1) is 19.7 Å². The molecule has 1 aliphatic heterocycles. The molecule has 0 spiro atoms. The van der Waals surface area contributed by atoms with E-state index in [9.17, 15) is 18.8 Å². The van der Waals surface area contributed by atoms with Gasteiger partial charge in [-0.05, 0) is 91.1 Å². The molecule has 0 unspecified atom stereocenters. The number of carbonyl (C=O) groups excluding carboxylic acids is 3. The highest BCUT2D eigenvalue weighted by atomic mass is 19.1. The third-order valence-corrected chi connectivity index (χ3v) is 6.84. The molecule has 12 heteroatoms. The van der Waals surface area contributed by atoms with E-state index in [1.54, 1.807) is 57.7 Å². The van der Waals surface area contributed by atoms with Gasteiger partial charge >= 0.3 is 12.2 Å². The lowest BCUT2D eigenvalue weighted by atomic mass is 10.0. The highest BCUT2D eigenvalue weighted by Gasteiger charge is 2.33. The number of carbonyl (C=O) groups is 3. The van der Waals surface area contributed by atoms with Gasteiger partial charge in [0.25, 0.3) is 5.91 Å². The lowest BCUT2D eigenvalue weighted by Crippen LogP contribution is -2.55. The Bertz CT molecular complexity index is 1370. The molecule has 242 valence electrons. The number of anilines is 1. The van der Waals surface area contributed by atoms with Crippen molar-refractivity contribution in [1.29, 1.82) is 0 Å². The van der Waals surface area contributed by atoms with Gasteiger partial charge in [0, 0.05) is 39.3 Å². The summed E-state index contributed by atoms with van der Waals surface area (Å²) in [4.78, 5) is 46.3. The second kappa shape index (κ2) is 13.8. The van der Waals surface area contributed by atoms with E-state index in [0.29, 0.717) is 42.9 Å². The number of nitrogens with one attached hydrogen (secondary N) is 2. The van der Waals surface area contributed by atoms with Crippen LogP contribution < -0.4 is 15.4 Å². The Hall–Kier alpha value is -3.93. The van der Waals surface area contributed by atoms with E-state index in [-0.39, 0.29) is 35.2 Å². The molecular formula is C32H46FN5O6. The van der Waals surface area contributed by atoms with Crippen molar-refractivity contribution in [2.75, 3.05) is 38.5 Å². The van der Waals surface area contributed by atoms with Crippen molar-refractivity contribution in [3.63, 3.8) is 0 Å². The maximum atomic E-state index is 14.8. The maximum Gasteiger partial charge on any atom is 0.413 e. The van der Waals surface area contributed by atoms with Crippen molar-refractivity contribution in [1.82, 2.24) is 20.1 Å². The molecule has 1 fully saturated rings. The van der Waals surface area contributed by atoms with Gasteiger partial charge in [-0.1, -0.05) is 12.1 Å². The zero-order valence-electron chi connectivity index (χ0n) is 27.5. The topological polar surface area (TPSA) is 122 Å². The molecule has 44 heavy (non-hydrogen) atoms. The van der Waals surface area contributed by atoms with Gasteiger partial charge in [0.1, 0.15) is 28.8 Å². The average molecular weight is 616 g/mol. The van der Waals surface area contributed by atoms with Crippen molar-refractivity contribution < 1.29 is 33.0 Å². The molecule has 1 aromatic carbocycles. The van der Waals surface area contributed by atoms with E-state index in [2.05, 4.69) is 20.5 Å². The number of benzene rings is 1. The third-order valence-electron chi connectivity index (χ3n) is 6.84. The number of nitrogens with zero attached hydrogens (tertiary/aromatic N) is 3. The monoisotopic (exact) mass is 615 g/mol. The van der Waals surface area contributed by atoms with Crippen molar-refractivity contribution in [3.8, 4) is 5.75 Å². The third kappa shape index (κ3) is 9.54. The molecule has 11 nitrogen and oxygen atoms in total. The number of amides is 3. The zero-order valence-corrected chi connectivity index (χ0v) is 27.5. The molecular weight excluding hydrogens is 569 g/mol. The van der Waals surface area contributed by atoms with E-state index in [1.807, 2.05) is 27.7 Å². The fourth-order valence-electron chi connectivity index (χ4n) is 4.71. The SMILES string of the molecule is CNC(=O)c1nc(NC(=O)OC(C)(C)C)c(O[C@H](CN2CCN(C(=O)OC(C)(C)C)[C@H](C)C2)c2ccc(C)c(F)c2)cc1C. The number of halogens is 1. The van der Waals surface area contributed by atoms with Crippen LogP contribution in [-0.2, 0) is 9.47 Å². The second-order valence-corrected chi connectivity index (χ2v) is 13.1. The van der Waals surface area contributed by atoms with E-state index in [4.69, 9.17) is 14.2 Å². The number of pyridine rings is 1. The van der Waals surface area contributed by atoms with Gasteiger partial charge in [-0.15, -0.1) is 0 Å². The lowest BCUT2D eigenvalue weighted by molar-refractivity contribution is -0.00303. The molecule has 0 radical (unpaired) electrons. The largest absolute Gasteiger partial charge is 0.480 e. The fourth-order valence-corrected chi connectivity index (χ4v) is 4.71. The highest BCUT2D eigenvalue weighted by Crippen LogP contribution is 2.32. The molecule has 0 bridgehead atoms. The summed E-state index contributed by atoms with van der Waals surface area (Å²) in [6, 6.07) is 6.38. The second-order valence-electron chi connectivity index (χ2n) is 13.1. The lowest BCUT2D eigenvalue weighted by Gasteiger charge is -2.41. The number of aromatic nitrogens is 1. The van der Waals surface area contributed by atoms with Crippen molar-refractivity contribution in [2.24, 2.45) is 0 Å². The predicted molar refractivity (Wildman–Crippen MR) is 166 cm³/mol. The standard InChI is InChI=1S/C32H46FN5O6/c1-19-11-12-22(16-23(19)33)25(18-37-13-14-38(21(3)17-37)30(41)44-32(7,8)9)42-24-15-20(2)26(28(39)34-10)35-27(24)36-29(40)43-31(4,5)6/h11-12,15-16,21,25H,13-14,17-18H2,1-10H3,(H,34,39)(H,35,36,40)/t21-,25-/m1/s1. The first-order valence-electron chi connectivity index (χ1n) is 14.7. The van der Waals surface area contributed by atoms with Crippen LogP contribution in [0.2, 0.25) is 0 Å². The Morgan fingerprint density at radius 1 is 1.02 bits per heavy atom. The Labute approximate surface area is 259 Å². The van der Waals surface area contributed by atoms with Gasteiger partial charge in [0.15, 0.2) is 11.6 Å². The van der Waals surface area contributed by atoms with Gasteiger partial charge in [0.2, 0.25) is 0 Å². The first-order chi connectivity index (χ1) is 20.4. The molecule has 1 saturated heterocycles. The molecule has 1 aromatic heterocycles. The van der Waals surface area contributed by atoms with E-state index in [0.717, 1.165) is 0 Å². The molecule has 2 aromatic rings. The Morgan fingerprint density at radius 3 is 2.25 bits per heavy atom. The first kappa shape index (κ1) is 34.6. The maximum absolute atomic E-state index is 14.8. The molecule has 3 rings (SSSR count). The van der Waals surface area contributed by atoms with E-state index in [1.165, 1.54) is 13.1 Å². The number of aryl methyl sites for hydroxylation is 2. The van der Waals surface area contributed by atoms with Gasteiger partial charge in [-0.25, -0.2) is 19.0 Å². The predicted octanol–water partition coefficient (Wildman–Crippen LogP) is 5.61. The van der Waals surface area contributed by atoms with Crippen LogP contribution in [-0.4, -0.2) is 83.3 Å². The van der Waals surface area contributed by atoms with Gasteiger partial charge in [0.05, 0.1) is 0 Å². The van der Waals surface area contributed by atoms with E-state index < -0.39 is 29.3 Å². The quantitative estimate of drug-likeness (QED) is 0.413. The molecule has 2 N–H and O–H groups in total. The smallest absolute Gasteiger partial charge is 0.413 e. The Morgan fingerprint density at radius 2 is 1.68 bits per heavy atom. The molecule has 2 atom stereocenters. The summed E-state index contributed by atoms with van der Waals surface area (Å²) in [5, 5.41) is 5.16. The summed E-state index contributed by atoms with van der Waals surface area (Å²) in [6.07, 6.45) is -1.84. The fraction of sp³-hybridized carbons (Fsp3) is 0.562. The average Bonchev–Trinajstić information content (AvgIpc) is 2.88. The summed E-state index contributed by atoms with van der Waals surface area (Å²) in [7, 11) is 1.49. The minimum Gasteiger partial charge on any atom is -0.480 e. The van der Waals surface area contributed by atoms with Crippen molar-refractivity contribution >= 4 is 23.9 Å². The Balaban J connectivity index is 1.95. The number of rotatable bonds is 7. The van der Waals surface area contributed by atoms with Crippen LogP contribution in [0.15, 0.2) is 24.3 Å². The number of ether oxygens (including phenoxy) is 3. The highest BCUT2D eigenvalue weighted by molar-refractivity contribution is 5.95. The number of piperazine rings is 1. The normalized spacial score (nSPS) is 16.6. The summed E-state index contributed by atoms with van der Waals surface area (Å²) in [5.74, 6) is -0.637. The molecule has 3 amide bonds. The van der Waals surface area contributed by atoms with Gasteiger partial charge in [-0.3, -0.25) is 15.0 Å². The van der Waals surface area contributed by atoms with Crippen molar-refractivity contribution in [2.45, 2.75) is 85.7 Å². The van der Waals surface area contributed by atoms with Crippen LogP contribution >= 0.6 is 0 Å². The summed E-state index contributed by atoms with van der Waals surface area (Å²) >= 11 is 0. The molecule has 2 heterocycles. The Kier molecular flexibility index (Phi) is 10.8. The minimum absolute atomic E-state index is 0.0100. The van der Waals surface area contributed by atoms with Crippen LogP contribution in [0.25, 0.3) is 0 Å². The summed E-state index contributed by atoms with van der Waals surface area (Å²) < 4.78 is 32.3. The number of hydrogen-bond acceptors (Lipinski definition) is 8.